The summed E-state index contributed by atoms with van der Waals surface area (Å²) in [6.45, 7) is 3.56. The summed E-state index contributed by atoms with van der Waals surface area (Å²) in [5.41, 5.74) is 7.22. The fourth-order valence-electron chi connectivity index (χ4n) is 2.01. The molecule has 110 valence electrons. The van der Waals surface area contributed by atoms with Crippen LogP contribution in [-0.2, 0) is 0 Å². The van der Waals surface area contributed by atoms with Gasteiger partial charge in [0.1, 0.15) is 5.82 Å². The highest BCUT2D eigenvalue weighted by molar-refractivity contribution is 9.10. The van der Waals surface area contributed by atoms with Crippen molar-refractivity contribution in [2.75, 3.05) is 0 Å². The van der Waals surface area contributed by atoms with Crippen LogP contribution in [0, 0.1) is 12.7 Å². The van der Waals surface area contributed by atoms with Crippen LogP contribution < -0.4 is 11.5 Å². The van der Waals surface area contributed by atoms with E-state index in [1.165, 1.54) is 6.07 Å². The van der Waals surface area contributed by atoms with E-state index in [1.807, 2.05) is 0 Å². The summed E-state index contributed by atoms with van der Waals surface area (Å²) in [6, 6.07) is 2.30. The molecule has 3 N–H and O–H groups in total. The van der Waals surface area contributed by atoms with E-state index >= 15 is 0 Å². The van der Waals surface area contributed by atoms with Gasteiger partial charge in [-0.1, -0.05) is 22.9 Å². The van der Waals surface area contributed by atoms with Gasteiger partial charge in [0.15, 0.2) is 0 Å². The molecule has 8 heteroatoms. The molecule has 0 aliphatic carbocycles. The van der Waals surface area contributed by atoms with Gasteiger partial charge in [0.05, 0.1) is 6.04 Å². The molecule has 5 nitrogen and oxygen atoms in total. The first kappa shape index (κ1) is 16.9. The maximum Gasteiger partial charge on any atom is 0.434 e. The zero-order valence-electron chi connectivity index (χ0n) is 10.8. The Morgan fingerprint density at radius 1 is 1.50 bits per heavy atom. The predicted molar refractivity (Wildman–Crippen MR) is 78.6 cm³/mol. The summed E-state index contributed by atoms with van der Waals surface area (Å²) >= 11 is 3.36. The van der Waals surface area contributed by atoms with Crippen LogP contribution >= 0.6 is 28.3 Å². The number of nitrogens with one attached hydrogen (secondary N) is 1. The molecule has 0 fully saturated rings. The largest absolute Gasteiger partial charge is 0.434 e. The standard InChI is InChI=1S/C12H13BrFN3O2.ClH/c1-5-7(13)3-4-8(14)9(5)6(2)10(15)11-16-17-12(18)19-11;/h3-4,6,10H,15H2,1-2H3,(H,17,18);1H/t6-,10+;/m1./s1. The molecule has 20 heavy (non-hydrogen) atoms. The highest BCUT2D eigenvalue weighted by atomic mass is 79.9. The second-order valence-electron chi connectivity index (χ2n) is 4.33. The highest BCUT2D eigenvalue weighted by Gasteiger charge is 2.26. The second kappa shape index (κ2) is 6.51. The molecule has 0 amide bonds. The first-order valence-electron chi connectivity index (χ1n) is 5.67. The Hall–Kier alpha value is -1.18. The molecule has 2 aromatic rings. The van der Waals surface area contributed by atoms with Crippen molar-refractivity contribution < 1.29 is 8.81 Å². The van der Waals surface area contributed by atoms with Gasteiger partial charge in [-0.15, -0.1) is 17.5 Å². The van der Waals surface area contributed by atoms with Crippen LogP contribution in [0.15, 0.2) is 25.8 Å². The SMILES string of the molecule is Cc1c(Br)ccc(F)c1[C@@H](C)[C@H](N)c1n[nH]c(=O)o1.Cl. The van der Waals surface area contributed by atoms with Gasteiger partial charge in [-0.25, -0.2) is 14.3 Å². The Labute approximate surface area is 129 Å². The predicted octanol–water partition coefficient (Wildman–Crippen LogP) is 2.80. The van der Waals surface area contributed by atoms with Crippen molar-refractivity contribution in [1.29, 1.82) is 0 Å². The quantitative estimate of drug-likeness (QED) is 0.875. The van der Waals surface area contributed by atoms with Crippen LogP contribution in [-0.4, -0.2) is 10.2 Å². The molecule has 0 spiro atoms. The number of halogens is 3. The molecule has 0 radical (unpaired) electrons. The smallest absolute Gasteiger partial charge is 0.391 e. The topological polar surface area (TPSA) is 84.9 Å². The van der Waals surface area contributed by atoms with Gasteiger partial charge in [-0.2, -0.15) is 0 Å². The van der Waals surface area contributed by atoms with Gasteiger partial charge in [0.25, 0.3) is 0 Å². The summed E-state index contributed by atoms with van der Waals surface area (Å²) in [6.07, 6.45) is 0. The van der Waals surface area contributed by atoms with Gasteiger partial charge in [-0.3, -0.25) is 0 Å². The average Bonchev–Trinajstić information content (AvgIpc) is 2.80. The number of hydrogen-bond acceptors (Lipinski definition) is 4. The lowest BCUT2D eigenvalue weighted by molar-refractivity contribution is 0.396. The molecule has 1 heterocycles. The molecule has 0 unspecified atom stereocenters. The number of aromatic nitrogens is 2. The summed E-state index contributed by atoms with van der Waals surface area (Å²) in [4.78, 5) is 10.9. The van der Waals surface area contributed by atoms with Crippen LogP contribution in [0.3, 0.4) is 0 Å². The Kier molecular flexibility index (Phi) is 5.50. The lowest BCUT2D eigenvalue weighted by Gasteiger charge is -2.20. The number of benzene rings is 1. The van der Waals surface area contributed by atoms with Gasteiger partial charge >= 0.3 is 5.76 Å². The third-order valence-electron chi connectivity index (χ3n) is 3.13. The van der Waals surface area contributed by atoms with Crippen LogP contribution in [0.1, 0.15) is 35.9 Å². The molecule has 0 bridgehead atoms. The van der Waals surface area contributed by atoms with Crippen LogP contribution in [0.4, 0.5) is 4.39 Å². The number of H-pyrrole nitrogens is 1. The molecule has 0 saturated carbocycles. The van der Waals surface area contributed by atoms with Gasteiger partial charge in [-0.05, 0) is 30.2 Å². The molecule has 1 aromatic heterocycles. The minimum atomic E-state index is -0.707. The van der Waals surface area contributed by atoms with Gasteiger partial charge < -0.3 is 10.2 Å². The number of nitrogens with two attached hydrogens (primary N) is 1. The van der Waals surface area contributed by atoms with E-state index in [2.05, 4.69) is 26.1 Å². The number of rotatable bonds is 3. The molecule has 0 saturated heterocycles. The third kappa shape index (κ3) is 3.11. The fourth-order valence-corrected chi connectivity index (χ4v) is 2.35. The van der Waals surface area contributed by atoms with Crippen molar-refractivity contribution in [3.8, 4) is 0 Å². The van der Waals surface area contributed by atoms with Crippen LogP contribution in [0.2, 0.25) is 0 Å². The molecule has 2 rings (SSSR count). The van der Waals surface area contributed by atoms with Crippen molar-refractivity contribution >= 4 is 28.3 Å². The molecule has 1 aromatic carbocycles. The zero-order valence-corrected chi connectivity index (χ0v) is 13.2. The number of hydrogen-bond donors (Lipinski definition) is 2. The van der Waals surface area contributed by atoms with E-state index < -0.39 is 11.8 Å². The molecule has 2 atom stereocenters. The molecule has 0 aliphatic rings. The van der Waals surface area contributed by atoms with E-state index in [9.17, 15) is 9.18 Å². The lowest BCUT2D eigenvalue weighted by Crippen LogP contribution is -2.20. The minimum absolute atomic E-state index is 0. The van der Waals surface area contributed by atoms with E-state index in [0.29, 0.717) is 5.56 Å². The number of nitrogens with zero attached hydrogens (tertiary/aromatic N) is 1. The molecular formula is C12H14BrClFN3O2. The van der Waals surface area contributed by atoms with E-state index in [4.69, 9.17) is 10.2 Å². The van der Waals surface area contributed by atoms with Crippen molar-refractivity contribution in [3.05, 3.63) is 50.0 Å². The first-order valence-corrected chi connectivity index (χ1v) is 6.46. The van der Waals surface area contributed by atoms with Gasteiger partial charge in [0, 0.05) is 10.4 Å². The summed E-state index contributed by atoms with van der Waals surface area (Å²) < 4.78 is 19.6. The Balaban J connectivity index is 0.00000200. The van der Waals surface area contributed by atoms with Crippen molar-refractivity contribution in [1.82, 2.24) is 10.2 Å². The Morgan fingerprint density at radius 2 is 2.15 bits per heavy atom. The van der Waals surface area contributed by atoms with Crippen LogP contribution in [0.5, 0.6) is 0 Å². The van der Waals surface area contributed by atoms with E-state index in [0.717, 1.165) is 10.0 Å². The normalized spacial score (nSPS) is 13.7. The van der Waals surface area contributed by atoms with E-state index in [-0.39, 0.29) is 30.0 Å². The van der Waals surface area contributed by atoms with Crippen molar-refractivity contribution in [3.63, 3.8) is 0 Å². The van der Waals surface area contributed by atoms with Crippen LogP contribution in [0.25, 0.3) is 0 Å². The van der Waals surface area contributed by atoms with Crippen molar-refractivity contribution in [2.24, 2.45) is 5.73 Å². The number of aromatic amines is 1. The summed E-state index contributed by atoms with van der Waals surface area (Å²) in [7, 11) is 0. The molecular weight excluding hydrogens is 353 g/mol. The monoisotopic (exact) mass is 365 g/mol. The minimum Gasteiger partial charge on any atom is -0.391 e. The average molecular weight is 367 g/mol. The highest BCUT2D eigenvalue weighted by Crippen LogP contribution is 2.34. The first-order chi connectivity index (χ1) is 8.91. The lowest BCUT2D eigenvalue weighted by atomic mass is 9.90. The second-order valence-corrected chi connectivity index (χ2v) is 5.19. The summed E-state index contributed by atoms with van der Waals surface area (Å²) in [5, 5.41) is 5.82. The maximum atomic E-state index is 14.0. The van der Waals surface area contributed by atoms with Crippen molar-refractivity contribution in [2.45, 2.75) is 25.8 Å². The third-order valence-corrected chi connectivity index (χ3v) is 3.99. The fraction of sp³-hybridized carbons (Fsp3) is 0.333. The molecule has 0 aliphatic heterocycles. The Morgan fingerprint density at radius 3 is 2.70 bits per heavy atom. The Bertz CT molecular complexity index is 658. The summed E-state index contributed by atoms with van der Waals surface area (Å²) in [5.74, 6) is -1.34. The zero-order chi connectivity index (χ0) is 14.2. The van der Waals surface area contributed by atoms with E-state index in [1.54, 1.807) is 19.9 Å². The van der Waals surface area contributed by atoms with Gasteiger partial charge in [0.2, 0.25) is 5.89 Å². The maximum absolute atomic E-state index is 14.0.